The molecule has 3 aromatic carbocycles. The smallest absolute Gasteiger partial charge is 0.258 e. The lowest BCUT2D eigenvalue weighted by Crippen LogP contribution is -2.28. The Morgan fingerprint density at radius 3 is 2.60 bits per heavy atom. The molecule has 152 valence electrons. The third-order valence-electron chi connectivity index (χ3n) is 5.27. The minimum absolute atomic E-state index is 0.0436. The molecule has 5 rings (SSSR count). The lowest BCUT2D eigenvalue weighted by molar-refractivity contribution is 0.0989. The Balaban J connectivity index is 1.24. The highest BCUT2D eigenvalue weighted by atomic mass is 32.2. The Kier molecular flexibility index (Phi) is 5.24. The van der Waals surface area contributed by atoms with Crippen molar-refractivity contribution < 1.29 is 14.3 Å². The summed E-state index contributed by atoms with van der Waals surface area (Å²) in [5.74, 6) is 1.62. The molecule has 0 unspecified atom stereocenters. The SMILES string of the molecule is O=C(c1ccc(NSc2ccc3c(c2)OCCCO3)cc1)N1CCc2ccccc21. The van der Waals surface area contributed by atoms with E-state index in [1.807, 2.05) is 65.6 Å². The van der Waals surface area contributed by atoms with Crippen LogP contribution in [-0.4, -0.2) is 25.7 Å². The second kappa shape index (κ2) is 8.32. The third-order valence-corrected chi connectivity index (χ3v) is 6.10. The van der Waals surface area contributed by atoms with E-state index in [0.717, 1.165) is 47.2 Å². The van der Waals surface area contributed by atoms with Crippen LogP contribution in [0.1, 0.15) is 22.3 Å². The van der Waals surface area contributed by atoms with Crippen LogP contribution in [0, 0.1) is 0 Å². The molecule has 5 nitrogen and oxygen atoms in total. The summed E-state index contributed by atoms with van der Waals surface area (Å²) in [7, 11) is 0. The largest absolute Gasteiger partial charge is 0.490 e. The molecule has 0 spiro atoms. The van der Waals surface area contributed by atoms with E-state index in [-0.39, 0.29) is 5.91 Å². The van der Waals surface area contributed by atoms with Crippen molar-refractivity contribution in [2.75, 3.05) is 29.4 Å². The number of fused-ring (bicyclic) bond motifs is 2. The number of benzene rings is 3. The molecule has 0 fully saturated rings. The van der Waals surface area contributed by atoms with E-state index in [9.17, 15) is 4.79 Å². The maximum atomic E-state index is 12.9. The zero-order valence-corrected chi connectivity index (χ0v) is 17.3. The molecule has 0 atom stereocenters. The van der Waals surface area contributed by atoms with Gasteiger partial charge in [-0.3, -0.25) is 4.79 Å². The molecule has 0 aromatic heterocycles. The zero-order chi connectivity index (χ0) is 20.3. The van der Waals surface area contributed by atoms with Crippen molar-refractivity contribution in [3.05, 3.63) is 77.9 Å². The quantitative estimate of drug-likeness (QED) is 0.593. The van der Waals surface area contributed by atoms with Crippen LogP contribution >= 0.6 is 11.9 Å². The van der Waals surface area contributed by atoms with E-state index in [2.05, 4.69) is 10.8 Å². The molecule has 0 bridgehead atoms. The summed E-state index contributed by atoms with van der Waals surface area (Å²) >= 11 is 1.50. The van der Waals surface area contributed by atoms with E-state index in [4.69, 9.17) is 9.47 Å². The first kappa shape index (κ1) is 18.9. The van der Waals surface area contributed by atoms with Gasteiger partial charge in [0, 0.05) is 34.8 Å². The van der Waals surface area contributed by atoms with Gasteiger partial charge in [-0.1, -0.05) is 18.2 Å². The molecule has 0 saturated carbocycles. The molecule has 6 heteroatoms. The zero-order valence-electron chi connectivity index (χ0n) is 16.5. The molecular weight excluding hydrogens is 396 g/mol. The van der Waals surface area contributed by atoms with Gasteiger partial charge in [-0.05, 0) is 72.5 Å². The molecule has 0 saturated heterocycles. The molecule has 2 aliphatic heterocycles. The molecule has 1 N–H and O–H groups in total. The van der Waals surface area contributed by atoms with Crippen LogP contribution in [0.15, 0.2) is 71.6 Å². The standard InChI is InChI=1S/C24H22N2O3S/c27-24(26-13-12-17-4-1-2-5-21(17)26)18-6-8-19(9-7-18)25-30-20-10-11-22-23(16-20)29-15-3-14-28-22/h1-2,4-11,16,25H,3,12-15H2. The van der Waals surface area contributed by atoms with Crippen LogP contribution in [0.4, 0.5) is 11.4 Å². The first-order valence-corrected chi connectivity index (χ1v) is 10.9. The van der Waals surface area contributed by atoms with Gasteiger partial charge in [-0.2, -0.15) is 0 Å². The van der Waals surface area contributed by atoms with Crippen LogP contribution in [0.3, 0.4) is 0 Å². The molecule has 2 aliphatic rings. The van der Waals surface area contributed by atoms with Crippen molar-refractivity contribution in [1.82, 2.24) is 0 Å². The van der Waals surface area contributed by atoms with Gasteiger partial charge in [0.05, 0.1) is 13.2 Å². The van der Waals surface area contributed by atoms with E-state index >= 15 is 0 Å². The van der Waals surface area contributed by atoms with Crippen molar-refractivity contribution in [2.45, 2.75) is 17.7 Å². The predicted octanol–water partition coefficient (Wildman–Crippen LogP) is 5.17. The minimum atomic E-state index is 0.0436. The van der Waals surface area contributed by atoms with Gasteiger partial charge in [0.15, 0.2) is 11.5 Å². The Morgan fingerprint density at radius 2 is 1.73 bits per heavy atom. The summed E-state index contributed by atoms with van der Waals surface area (Å²) in [6.45, 7) is 2.09. The molecule has 3 aromatic rings. The van der Waals surface area contributed by atoms with Gasteiger partial charge in [0.2, 0.25) is 0 Å². The van der Waals surface area contributed by atoms with Gasteiger partial charge in [-0.15, -0.1) is 0 Å². The first-order chi connectivity index (χ1) is 14.8. The van der Waals surface area contributed by atoms with Crippen LogP contribution in [0.25, 0.3) is 0 Å². The van der Waals surface area contributed by atoms with Gasteiger partial charge >= 0.3 is 0 Å². The number of para-hydroxylation sites is 1. The number of hydrogen-bond donors (Lipinski definition) is 1. The van der Waals surface area contributed by atoms with Crippen molar-refractivity contribution in [3.63, 3.8) is 0 Å². The number of carbonyl (C=O) groups is 1. The molecule has 2 heterocycles. The molecular formula is C24H22N2O3S. The number of amides is 1. The normalized spacial score (nSPS) is 14.7. The fraction of sp³-hybridized carbons (Fsp3) is 0.208. The maximum Gasteiger partial charge on any atom is 0.258 e. The highest BCUT2D eigenvalue weighted by molar-refractivity contribution is 8.00. The number of hydrogen-bond acceptors (Lipinski definition) is 5. The van der Waals surface area contributed by atoms with Crippen LogP contribution in [-0.2, 0) is 6.42 Å². The lowest BCUT2D eigenvalue weighted by atomic mass is 10.1. The number of nitrogens with one attached hydrogen (secondary N) is 1. The summed E-state index contributed by atoms with van der Waals surface area (Å²) in [4.78, 5) is 15.8. The van der Waals surface area contributed by atoms with Gasteiger partial charge in [0.25, 0.3) is 5.91 Å². The highest BCUT2D eigenvalue weighted by Gasteiger charge is 2.24. The first-order valence-electron chi connectivity index (χ1n) is 10.1. The van der Waals surface area contributed by atoms with Gasteiger partial charge < -0.3 is 19.1 Å². The molecule has 0 radical (unpaired) electrons. The van der Waals surface area contributed by atoms with Crippen LogP contribution in [0.5, 0.6) is 11.5 Å². The number of nitrogens with zero attached hydrogens (tertiary/aromatic N) is 1. The average molecular weight is 419 g/mol. The van der Waals surface area contributed by atoms with Crippen molar-refractivity contribution >= 4 is 29.2 Å². The Morgan fingerprint density at radius 1 is 0.933 bits per heavy atom. The Hall–Kier alpha value is -3.12. The van der Waals surface area contributed by atoms with Crippen LogP contribution in [0.2, 0.25) is 0 Å². The van der Waals surface area contributed by atoms with E-state index in [1.54, 1.807) is 0 Å². The van der Waals surface area contributed by atoms with Crippen LogP contribution < -0.4 is 19.1 Å². The van der Waals surface area contributed by atoms with E-state index < -0.39 is 0 Å². The average Bonchev–Trinajstić information content (AvgIpc) is 3.08. The Labute approximate surface area is 180 Å². The molecule has 1 amide bonds. The topological polar surface area (TPSA) is 50.8 Å². The third kappa shape index (κ3) is 3.83. The summed E-state index contributed by atoms with van der Waals surface area (Å²) < 4.78 is 14.8. The fourth-order valence-corrected chi connectivity index (χ4v) is 4.38. The second-order valence-electron chi connectivity index (χ2n) is 7.28. The summed E-state index contributed by atoms with van der Waals surface area (Å²) in [5, 5.41) is 0. The van der Waals surface area contributed by atoms with Crippen molar-refractivity contribution in [1.29, 1.82) is 0 Å². The highest BCUT2D eigenvalue weighted by Crippen LogP contribution is 2.34. The second-order valence-corrected chi connectivity index (χ2v) is 8.16. The van der Waals surface area contributed by atoms with E-state index in [1.165, 1.54) is 17.5 Å². The number of anilines is 2. The van der Waals surface area contributed by atoms with Gasteiger partial charge in [0.1, 0.15) is 0 Å². The summed E-state index contributed by atoms with van der Waals surface area (Å²) in [5.41, 5.74) is 3.88. The summed E-state index contributed by atoms with van der Waals surface area (Å²) in [6.07, 6.45) is 1.80. The minimum Gasteiger partial charge on any atom is -0.490 e. The molecule has 0 aliphatic carbocycles. The fourth-order valence-electron chi connectivity index (χ4n) is 3.71. The predicted molar refractivity (Wildman–Crippen MR) is 120 cm³/mol. The molecule has 30 heavy (non-hydrogen) atoms. The monoisotopic (exact) mass is 418 g/mol. The summed E-state index contributed by atoms with van der Waals surface area (Å²) in [6, 6.07) is 21.7. The number of ether oxygens (including phenoxy) is 2. The maximum absolute atomic E-state index is 12.9. The van der Waals surface area contributed by atoms with Crippen molar-refractivity contribution in [3.8, 4) is 11.5 Å². The van der Waals surface area contributed by atoms with Crippen molar-refractivity contribution in [2.24, 2.45) is 0 Å². The van der Waals surface area contributed by atoms with Gasteiger partial charge in [-0.25, -0.2) is 0 Å². The van der Waals surface area contributed by atoms with E-state index in [0.29, 0.717) is 18.8 Å². The lowest BCUT2D eigenvalue weighted by Gasteiger charge is -2.17. The number of rotatable bonds is 4. The Bertz CT molecular complexity index is 1070. The number of carbonyl (C=O) groups excluding carboxylic acids is 1.